The molecule has 0 bridgehead atoms. The van der Waals surface area contributed by atoms with E-state index >= 15 is 0 Å². The van der Waals surface area contributed by atoms with Gasteiger partial charge < -0.3 is 10.6 Å². The Morgan fingerprint density at radius 3 is 2.64 bits per heavy atom. The summed E-state index contributed by atoms with van der Waals surface area (Å²) in [5.74, 6) is 0. The highest BCUT2D eigenvalue weighted by atomic mass is 15.2. The topological polar surface area (TPSA) is 29.3 Å². The molecule has 0 spiro atoms. The van der Waals surface area contributed by atoms with Gasteiger partial charge in [-0.1, -0.05) is 6.07 Å². The highest BCUT2D eigenvalue weighted by molar-refractivity contribution is 5.56. The molecule has 1 fully saturated rings. The summed E-state index contributed by atoms with van der Waals surface area (Å²) in [5.41, 5.74) is 7.76. The second-order valence-electron chi connectivity index (χ2n) is 2.94. The molecule has 0 amide bonds. The molecule has 2 rings (SSSR count). The molecular weight excluding hydrogens is 136 g/mol. The number of benzene rings is 1. The van der Waals surface area contributed by atoms with Crippen LogP contribution in [0.15, 0.2) is 24.3 Å². The molecule has 0 saturated carbocycles. The third kappa shape index (κ3) is 1.16. The Morgan fingerprint density at radius 2 is 2.09 bits per heavy atom. The number of nitrogens with zero attached hydrogens (tertiary/aromatic N) is 1. The van der Waals surface area contributed by atoms with Crippen LogP contribution in [0.1, 0.15) is 6.42 Å². The predicted molar refractivity (Wildman–Crippen MR) is 47.7 cm³/mol. The molecule has 1 saturated heterocycles. The summed E-state index contributed by atoms with van der Waals surface area (Å²) in [6.07, 6.45) is 1.31. The average Bonchev–Trinajstić information content (AvgIpc) is 1.83. The minimum absolute atomic E-state index is 0.856. The fourth-order valence-corrected chi connectivity index (χ4v) is 1.30. The van der Waals surface area contributed by atoms with Crippen molar-refractivity contribution in [2.45, 2.75) is 6.42 Å². The molecule has 2 heteroatoms. The largest absolute Gasteiger partial charge is 0.399 e. The Hall–Kier alpha value is -1.18. The lowest BCUT2D eigenvalue weighted by Gasteiger charge is -2.33. The molecule has 0 aliphatic carbocycles. The van der Waals surface area contributed by atoms with Crippen molar-refractivity contribution in [2.75, 3.05) is 23.7 Å². The first-order valence-corrected chi connectivity index (χ1v) is 3.97. The van der Waals surface area contributed by atoms with Crippen LogP contribution in [0, 0.1) is 0 Å². The first-order valence-electron chi connectivity index (χ1n) is 3.97. The van der Waals surface area contributed by atoms with E-state index in [0.717, 1.165) is 5.69 Å². The summed E-state index contributed by atoms with van der Waals surface area (Å²) in [6, 6.07) is 8.06. The monoisotopic (exact) mass is 148 g/mol. The van der Waals surface area contributed by atoms with Crippen LogP contribution >= 0.6 is 0 Å². The number of hydrogen-bond donors (Lipinski definition) is 1. The van der Waals surface area contributed by atoms with Gasteiger partial charge in [-0.3, -0.25) is 0 Å². The zero-order valence-corrected chi connectivity index (χ0v) is 6.46. The molecule has 1 aromatic carbocycles. The van der Waals surface area contributed by atoms with E-state index in [0.29, 0.717) is 0 Å². The van der Waals surface area contributed by atoms with Crippen LogP contribution in [0.2, 0.25) is 0 Å². The summed E-state index contributed by atoms with van der Waals surface area (Å²) < 4.78 is 0. The van der Waals surface area contributed by atoms with Gasteiger partial charge in [0, 0.05) is 24.5 Å². The maximum absolute atomic E-state index is 5.65. The van der Waals surface area contributed by atoms with Crippen LogP contribution in [0.5, 0.6) is 0 Å². The lowest BCUT2D eigenvalue weighted by atomic mass is 10.1. The Labute approximate surface area is 66.6 Å². The third-order valence-corrected chi connectivity index (χ3v) is 2.09. The van der Waals surface area contributed by atoms with Gasteiger partial charge in [0.15, 0.2) is 0 Å². The zero-order valence-electron chi connectivity index (χ0n) is 6.46. The molecule has 2 N–H and O–H groups in total. The maximum atomic E-state index is 5.65. The first-order chi connectivity index (χ1) is 5.36. The molecule has 1 heterocycles. The van der Waals surface area contributed by atoms with E-state index in [1.165, 1.54) is 25.2 Å². The lowest BCUT2D eigenvalue weighted by Crippen LogP contribution is -2.36. The van der Waals surface area contributed by atoms with Crippen molar-refractivity contribution in [1.29, 1.82) is 0 Å². The van der Waals surface area contributed by atoms with Gasteiger partial charge in [-0.2, -0.15) is 0 Å². The first kappa shape index (κ1) is 6.53. The molecule has 1 aliphatic heterocycles. The summed E-state index contributed by atoms with van der Waals surface area (Å²) in [6.45, 7) is 2.37. The van der Waals surface area contributed by atoms with E-state index in [4.69, 9.17) is 5.73 Å². The minimum atomic E-state index is 0.856. The van der Waals surface area contributed by atoms with Crippen LogP contribution < -0.4 is 10.6 Å². The summed E-state index contributed by atoms with van der Waals surface area (Å²) in [4.78, 5) is 2.33. The molecule has 11 heavy (non-hydrogen) atoms. The number of nitrogen functional groups attached to an aromatic ring is 1. The maximum Gasteiger partial charge on any atom is 0.0386 e. The van der Waals surface area contributed by atoms with Gasteiger partial charge in [0.25, 0.3) is 0 Å². The van der Waals surface area contributed by atoms with Crippen molar-refractivity contribution in [3.8, 4) is 0 Å². The van der Waals surface area contributed by atoms with E-state index < -0.39 is 0 Å². The smallest absolute Gasteiger partial charge is 0.0386 e. The Bertz CT molecular complexity index is 253. The van der Waals surface area contributed by atoms with Gasteiger partial charge in [0.05, 0.1) is 0 Å². The van der Waals surface area contributed by atoms with Gasteiger partial charge in [-0.15, -0.1) is 0 Å². The molecule has 2 nitrogen and oxygen atoms in total. The van der Waals surface area contributed by atoms with E-state index in [-0.39, 0.29) is 0 Å². The number of anilines is 2. The highest BCUT2D eigenvalue weighted by Gasteiger charge is 2.13. The Morgan fingerprint density at radius 1 is 1.27 bits per heavy atom. The highest BCUT2D eigenvalue weighted by Crippen LogP contribution is 2.21. The normalized spacial score (nSPS) is 16.2. The van der Waals surface area contributed by atoms with Crippen molar-refractivity contribution in [2.24, 2.45) is 0 Å². The molecule has 0 radical (unpaired) electrons. The summed E-state index contributed by atoms with van der Waals surface area (Å²) >= 11 is 0. The number of hydrogen-bond acceptors (Lipinski definition) is 2. The van der Waals surface area contributed by atoms with E-state index in [1.807, 2.05) is 18.2 Å². The zero-order chi connectivity index (χ0) is 7.68. The van der Waals surface area contributed by atoms with E-state index in [2.05, 4.69) is 11.0 Å². The predicted octanol–water partition coefficient (Wildman–Crippen LogP) is 1.48. The van der Waals surface area contributed by atoms with Crippen LogP contribution in [-0.2, 0) is 0 Å². The summed E-state index contributed by atoms with van der Waals surface area (Å²) in [5, 5.41) is 0. The van der Waals surface area contributed by atoms with Crippen molar-refractivity contribution in [3.63, 3.8) is 0 Å². The van der Waals surface area contributed by atoms with Gasteiger partial charge in [0.1, 0.15) is 0 Å². The van der Waals surface area contributed by atoms with Gasteiger partial charge >= 0.3 is 0 Å². The van der Waals surface area contributed by atoms with E-state index in [9.17, 15) is 0 Å². The Balaban J connectivity index is 2.23. The lowest BCUT2D eigenvalue weighted by molar-refractivity contribution is 0.618. The Kier molecular flexibility index (Phi) is 1.46. The van der Waals surface area contributed by atoms with Crippen LogP contribution in [0.3, 0.4) is 0 Å². The van der Waals surface area contributed by atoms with Gasteiger partial charge in [-0.25, -0.2) is 0 Å². The summed E-state index contributed by atoms with van der Waals surface area (Å²) in [7, 11) is 0. The van der Waals surface area contributed by atoms with Crippen molar-refractivity contribution in [1.82, 2.24) is 0 Å². The van der Waals surface area contributed by atoms with Gasteiger partial charge in [0.2, 0.25) is 0 Å². The van der Waals surface area contributed by atoms with Crippen molar-refractivity contribution in [3.05, 3.63) is 24.3 Å². The minimum Gasteiger partial charge on any atom is -0.399 e. The van der Waals surface area contributed by atoms with Crippen LogP contribution in [0.4, 0.5) is 11.4 Å². The molecule has 0 unspecified atom stereocenters. The average molecular weight is 148 g/mol. The van der Waals surface area contributed by atoms with Gasteiger partial charge in [-0.05, 0) is 24.6 Å². The molecule has 0 atom stereocenters. The molecule has 1 aliphatic rings. The van der Waals surface area contributed by atoms with Crippen LogP contribution in [-0.4, -0.2) is 13.1 Å². The van der Waals surface area contributed by atoms with Crippen molar-refractivity contribution >= 4 is 11.4 Å². The van der Waals surface area contributed by atoms with E-state index in [1.54, 1.807) is 0 Å². The number of nitrogens with two attached hydrogens (primary N) is 1. The SMILES string of the molecule is Nc1cccc(N2CCC2)c1. The molecule has 0 aromatic heterocycles. The standard InChI is InChI=1S/C9H12N2/c10-8-3-1-4-9(7-8)11-5-2-6-11/h1,3-4,7H,2,5-6,10H2. The second-order valence-corrected chi connectivity index (χ2v) is 2.94. The molecule has 1 aromatic rings. The third-order valence-electron chi connectivity index (χ3n) is 2.09. The fraction of sp³-hybridized carbons (Fsp3) is 0.333. The van der Waals surface area contributed by atoms with Crippen LogP contribution in [0.25, 0.3) is 0 Å². The molecular formula is C9H12N2. The second kappa shape index (κ2) is 2.46. The van der Waals surface area contributed by atoms with Crippen molar-refractivity contribution < 1.29 is 0 Å². The molecule has 58 valence electrons. The quantitative estimate of drug-likeness (QED) is 0.611. The number of rotatable bonds is 1. The fourth-order valence-electron chi connectivity index (χ4n) is 1.30.